The van der Waals surface area contributed by atoms with Gasteiger partial charge in [0, 0.05) is 30.5 Å². The van der Waals surface area contributed by atoms with Gasteiger partial charge in [0.25, 0.3) is 0 Å². The van der Waals surface area contributed by atoms with E-state index in [-0.39, 0.29) is 0 Å². The zero-order valence-electron chi connectivity index (χ0n) is 14.7. The molecule has 2 aromatic heterocycles. The second-order valence-corrected chi connectivity index (χ2v) is 6.24. The highest BCUT2D eigenvalue weighted by Crippen LogP contribution is 2.19. The molecule has 0 bridgehead atoms. The molecule has 0 aliphatic heterocycles. The lowest BCUT2D eigenvalue weighted by Gasteiger charge is -2.16. The maximum absolute atomic E-state index is 5.96. The van der Waals surface area contributed by atoms with Gasteiger partial charge in [0.15, 0.2) is 0 Å². The second-order valence-electron chi connectivity index (χ2n) is 6.24. The van der Waals surface area contributed by atoms with Crippen LogP contribution in [0.4, 0.5) is 0 Å². The summed E-state index contributed by atoms with van der Waals surface area (Å²) in [6.45, 7) is 6.27. The molecule has 1 unspecified atom stereocenters. The van der Waals surface area contributed by atoms with Crippen molar-refractivity contribution in [2.24, 2.45) is 0 Å². The molecule has 1 atom stereocenters. The molecule has 0 saturated carbocycles. The van der Waals surface area contributed by atoms with Crippen molar-refractivity contribution in [2.75, 3.05) is 0 Å². The van der Waals surface area contributed by atoms with Gasteiger partial charge in [-0.1, -0.05) is 24.3 Å². The van der Waals surface area contributed by atoms with Crippen LogP contribution in [-0.2, 0) is 19.7 Å². The van der Waals surface area contributed by atoms with Crippen LogP contribution in [0.3, 0.4) is 0 Å². The first-order valence-electron chi connectivity index (χ1n) is 8.54. The highest BCUT2D eigenvalue weighted by molar-refractivity contribution is 5.33. The van der Waals surface area contributed by atoms with E-state index in [0.717, 1.165) is 30.1 Å². The molecule has 0 radical (unpaired) electrons. The summed E-state index contributed by atoms with van der Waals surface area (Å²) < 4.78 is 7.93. The van der Waals surface area contributed by atoms with Crippen LogP contribution >= 0.6 is 0 Å². The largest absolute Gasteiger partial charge is 0.487 e. The SMILES string of the molecule is Cc1cnn(CC(C)NCc2ccccc2OCc2ccccn2)c1. The van der Waals surface area contributed by atoms with Crippen molar-refractivity contribution < 1.29 is 4.74 Å². The van der Waals surface area contributed by atoms with E-state index in [0.29, 0.717) is 12.6 Å². The van der Waals surface area contributed by atoms with Crippen molar-refractivity contribution in [1.82, 2.24) is 20.1 Å². The van der Waals surface area contributed by atoms with E-state index < -0.39 is 0 Å². The van der Waals surface area contributed by atoms with E-state index in [9.17, 15) is 0 Å². The van der Waals surface area contributed by atoms with Crippen molar-refractivity contribution in [3.05, 3.63) is 77.9 Å². The summed E-state index contributed by atoms with van der Waals surface area (Å²) in [6.07, 6.45) is 5.72. The molecule has 0 saturated heterocycles. The van der Waals surface area contributed by atoms with Gasteiger partial charge in [0.1, 0.15) is 12.4 Å². The first-order chi connectivity index (χ1) is 12.2. The highest BCUT2D eigenvalue weighted by atomic mass is 16.5. The summed E-state index contributed by atoms with van der Waals surface area (Å²) in [7, 11) is 0. The van der Waals surface area contributed by atoms with Crippen LogP contribution in [0.1, 0.15) is 23.7 Å². The van der Waals surface area contributed by atoms with E-state index in [1.807, 2.05) is 47.3 Å². The smallest absolute Gasteiger partial charge is 0.130 e. The van der Waals surface area contributed by atoms with Gasteiger partial charge in [0.05, 0.1) is 18.4 Å². The fraction of sp³-hybridized carbons (Fsp3) is 0.300. The Morgan fingerprint density at radius 2 is 2.00 bits per heavy atom. The molecule has 0 spiro atoms. The quantitative estimate of drug-likeness (QED) is 0.685. The maximum Gasteiger partial charge on any atom is 0.130 e. The van der Waals surface area contributed by atoms with Gasteiger partial charge in [-0.25, -0.2) is 0 Å². The molecule has 5 heteroatoms. The Kier molecular flexibility index (Phi) is 5.80. The highest BCUT2D eigenvalue weighted by Gasteiger charge is 2.07. The summed E-state index contributed by atoms with van der Waals surface area (Å²) in [6, 6.07) is 14.3. The van der Waals surface area contributed by atoms with Gasteiger partial charge >= 0.3 is 0 Å². The first kappa shape index (κ1) is 17.2. The lowest BCUT2D eigenvalue weighted by atomic mass is 10.2. The van der Waals surface area contributed by atoms with E-state index >= 15 is 0 Å². The number of pyridine rings is 1. The van der Waals surface area contributed by atoms with Gasteiger partial charge in [-0.3, -0.25) is 9.67 Å². The Morgan fingerprint density at radius 3 is 2.76 bits per heavy atom. The van der Waals surface area contributed by atoms with E-state index in [4.69, 9.17) is 4.74 Å². The minimum absolute atomic E-state index is 0.308. The number of aromatic nitrogens is 3. The molecule has 0 aliphatic carbocycles. The minimum Gasteiger partial charge on any atom is -0.487 e. The molecule has 1 N–H and O–H groups in total. The minimum atomic E-state index is 0.308. The van der Waals surface area contributed by atoms with Crippen LogP contribution in [0.25, 0.3) is 0 Å². The number of hydrogen-bond acceptors (Lipinski definition) is 4. The Morgan fingerprint density at radius 1 is 1.16 bits per heavy atom. The maximum atomic E-state index is 5.96. The van der Waals surface area contributed by atoms with Crippen LogP contribution in [0.15, 0.2) is 61.1 Å². The molecule has 3 rings (SSSR count). The van der Waals surface area contributed by atoms with Crippen LogP contribution in [0.2, 0.25) is 0 Å². The van der Waals surface area contributed by atoms with Crippen LogP contribution < -0.4 is 10.1 Å². The molecule has 0 aliphatic rings. The van der Waals surface area contributed by atoms with E-state index in [2.05, 4.69) is 41.5 Å². The fourth-order valence-corrected chi connectivity index (χ4v) is 2.62. The van der Waals surface area contributed by atoms with Gasteiger partial charge in [0.2, 0.25) is 0 Å². The number of nitrogens with zero attached hydrogens (tertiary/aromatic N) is 3. The molecule has 130 valence electrons. The van der Waals surface area contributed by atoms with Gasteiger partial charge in [-0.15, -0.1) is 0 Å². The summed E-state index contributed by atoms with van der Waals surface area (Å²) in [4.78, 5) is 4.30. The number of rotatable bonds is 8. The predicted molar refractivity (Wildman–Crippen MR) is 98.3 cm³/mol. The third kappa shape index (κ3) is 5.16. The normalized spacial score (nSPS) is 12.1. The third-order valence-electron chi connectivity index (χ3n) is 3.94. The Bertz CT molecular complexity index is 785. The average molecular weight is 336 g/mol. The lowest BCUT2D eigenvalue weighted by molar-refractivity contribution is 0.296. The molecule has 0 fully saturated rings. The predicted octanol–water partition coefficient (Wildman–Crippen LogP) is 3.34. The first-order valence-corrected chi connectivity index (χ1v) is 8.54. The van der Waals surface area contributed by atoms with Crippen LogP contribution in [-0.4, -0.2) is 20.8 Å². The Hall–Kier alpha value is -2.66. The topological polar surface area (TPSA) is 52.0 Å². The number of benzene rings is 1. The summed E-state index contributed by atoms with van der Waals surface area (Å²) in [5.74, 6) is 0.891. The Labute approximate surface area is 148 Å². The number of nitrogens with one attached hydrogen (secondary N) is 1. The zero-order valence-corrected chi connectivity index (χ0v) is 14.7. The summed E-state index contributed by atoms with van der Waals surface area (Å²) in [5.41, 5.74) is 3.25. The van der Waals surface area contributed by atoms with Crippen LogP contribution in [0, 0.1) is 6.92 Å². The van der Waals surface area contributed by atoms with Gasteiger partial charge in [-0.2, -0.15) is 5.10 Å². The number of aryl methyl sites for hydroxylation is 1. The Balaban J connectivity index is 1.55. The molecule has 2 heterocycles. The van der Waals surface area contributed by atoms with Crippen LogP contribution in [0.5, 0.6) is 5.75 Å². The lowest BCUT2D eigenvalue weighted by Crippen LogP contribution is -2.30. The van der Waals surface area contributed by atoms with E-state index in [1.165, 1.54) is 5.56 Å². The van der Waals surface area contributed by atoms with Gasteiger partial charge in [-0.05, 0) is 37.6 Å². The van der Waals surface area contributed by atoms with Gasteiger partial charge < -0.3 is 10.1 Å². The summed E-state index contributed by atoms with van der Waals surface area (Å²) >= 11 is 0. The second kappa shape index (κ2) is 8.44. The van der Waals surface area contributed by atoms with E-state index in [1.54, 1.807) is 6.20 Å². The van der Waals surface area contributed by atoms with Crippen molar-refractivity contribution >= 4 is 0 Å². The summed E-state index contributed by atoms with van der Waals surface area (Å²) in [5, 5.41) is 7.88. The molecule has 5 nitrogen and oxygen atoms in total. The standard InChI is InChI=1S/C20H24N4O/c1-16-11-23-24(13-16)14-17(2)22-12-18-7-3-4-9-20(18)25-15-19-8-5-6-10-21-19/h3-11,13,17,22H,12,14-15H2,1-2H3. The van der Waals surface area contributed by atoms with Crippen molar-refractivity contribution in [2.45, 2.75) is 39.6 Å². The molecular weight excluding hydrogens is 312 g/mol. The number of ether oxygens (including phenoxy) is 1. The third-order valence-corrected chi connectivity index (χ3v) is 3.94. The molecule has 1 aromatic carbocycles. The molecule has 25 heavy (non-hydrogen) atoms. The number of hydrogen-bond donors (Lipinski definition) is 1. The zero-order chi connectivity index (χ0) is 17.5. The monoisotopic (exact) mass is 336 g/mol. The van der Waals surface area contributed by atoms with Crippen molar-refractivity contribution in [3.8, 4) is 5.75 Å². The molecule has 0 amide bonds. The van der Waals surface area contributed by atoms with Crippen molar-refractivity contribution in [3.63, 3.8) is 0 Å². The molecular formula is C20H24N4O. The van der Waals surface area contributed by atoms with Crippen molar-refractivity contribution in [1.29, 1.82) is 0 Å². The average Bonchev–Trinajstić information content (AvgIpc) is 3.04. The fourth-order valence-electron chi connectivity index (χ4n) is 2.62. The number of para-hydroxylation sites is 1. The molecule has 3 aromatic rings.